The highest BCUT2D eigenvalue weighted by molar-refractivity contribution is 6.67. The molecule has 0 radical (unpaired) electrons. The van der Waals surface area contributed by atoms with Gasteiger partial charge in [0.2, 0.25) is 3.79 Å². The lowest BCUT2D eigenvalue weighted by molar-refractivity contribution is 0.164. The minimum Gasteiger partial charge on any atom is -0.445 e. The molecule has 88 valence electrons. The van der Waals surface area contributed by atoms with Crippen LogP contribution in [0.1, 0.15) is 0 Å². The first-order valence-electron chi connectivity index (χ1n) is 4.13. The van der Waals surface area contributed by atoms with Gasteiger partial charge in [-0.05, 0) is 18.2 Å². The lowest BCUT2D eigenvalue weighted by Crippen LogP contribution is -2.21. The van der Waals surface area contributed by atoms with Crippen LogP contribution < -0.4 is 5.32 Å². The minimum absolute atomic E-state index is 0.329. The molecule has 0 aliphatic heterocycles. The molecule has 0 bridgehead atoms. The molecule has 16 heavy (non-hydrogen) atoms. The smallest absolute Gasteiger partial charge is 0.411 e. The largest absolute Gasteiger partial charge is 0.445 e. The van der Waals surface area contributed by atoms with Crippen LogP contribution in [0.25, 0.3) is 0 Å². The molecule has 0 aliphatic carbocycles. The summed E-state index contributed by atoms with van der Waals surface area (Å²) in [6.07, 6.45) is -0.714. The summed E-state index contributed by atoms with van der Waals surface area (Å²) in [4.78, 5) is 11.2. The molecular formula is C9H7Cl4NO2. The zero-order valence-electron chi connectivity index (χ0n) is 7.84. The van der Waals surface area contributed by atoms with Gasteiger partial charge in [-0.15, -0.1) is 0 Å². The molecule has 0 aliphatic rings. The van der Waals surface area contributed by atoms with Crippen LogP contribution in [0, 0.1) is 0 Å². The SMILES string of the molecule is O=C(Nc1cccc(Cl)c1)OCC(Cl)(Cl)Cl. The molecule has 0 fully saturated rings. The number of amides is 1. The molecular weight excluding hydrogens is 296 g/mol. The standard InChI is InChI=1S/C9H7Cl4NO2/c10-6-2-1-3-7(4-6)14-8(15)16-5-9(11,12)13/h1-4H,5H2,(H,14,15). The molecule has 1 rings (SSSR count). The van der Waals surface area contributed by atoms with Crippen LogP contribution in [-0.2, 0) is 4.74 Å². The highest BCUT2D eigenvalue weighted by atomic mass is 35.6. The maximum absolute atomic E-state index is 11.2. The number of benzene rings is 1. The molecule has 0 aromatic heterocycles. The molecule has 0 spiro atoms. The van der Waals surface area contributed by atoms with Crippen LogP contribution in [-0.4, -0.2) is 16.5 Å². The average molecular weight is 303 g/mol. The number of halogens is 4. The van der Waals surface area contributed by atoms with Crippen molar-refractivity contribution in [3.05, 3.63) is 29.3 Å². The summed E-state index contributed by atoms with van der Waals surface area (Å²) in [5, 5.41) is 2.93. The van der Waals surface area contributed by atoms with Crippen molar-refractivity contribution in [3.63, 3.8) is 0 Å². The molecule has 1 N–H and O–H groups in total. The second-order valence-corrected chi connectivity index (χ2v) is 5.78. The first-order valence-corrected chi connectivity index (χ1v) is 5.64. The van der Waals surface area contributed by atoms with Gasteiger partial charge >= 0.3 is 6.09 Å². The molecule has 0 unspecified atom stereocenters. The van der Waals surface area contributed by atoms with Crippen LogP contribution in [0.3, 0.4) is 0 Å². The van der Waals surface area contributed by atoms with Crippen LogP contribution in [0.2, 0.25) is 5.02 Å². The van der Waals surface area contributed by atoms with Gasteiger partial charge in [0.15, 0.2) is 0 Å². The van der Waals surface area contributed by atoms with Crippen LogP contribution in [0.15, 0.2) is 24.3 Å². The third-order valence-electron chi connectivity index (χ3n) is 1.44. The van der Waals surface area contributed by atoms with Crippen molar-refractivity contribution in [2.45, 2.75) is 3.79 Å². The lowest BCUT2D eigenvalue weighted by atomic mass is 10.3. The fourth-order valence-electron chi connectivity index (χ4n) is 0.868. The number of carbonyl (C=O) groups is 1. The number of carbonyl (C=O) groups excluding carboxylic acids is 1. The molecule has 1 amide bonds. The van der Waals surface area contributed by atoms with Crippen molar-refractivity contribution >= 4 is 58.2 Å². The van der Waals surface area contributed by atoms with Gasteiger partial charge in [0.05, 0.1) is 0 Å². The van der Waals surface area contributed by atoms with E-state index in [1.165, 1.54) is 0 Å². The summed E-state index contributed by atoms with van der Waals surface area (Å²) in [7, 11) is 0. The van der Waals surface area contributed by atoms with Crippen LogP contribution >= 0.6 is 46.4 Å². The van der Waals surface area contributed by atoms with Gasteiger partial charge in [0.1, 0.15) is 6.61 Å². The third-order valence-corrected chi connectivity index (χ3v) is 2.00. The molecule has 1 aromatic carbocycles. The zero-order chi connectivity index (χ0) is 12.2. The maximum Gasteiger partial charge on any atom is 0.411 e. The molecule has 7 heteroatoms. The Morgan fingerprint density at radius 3 is 2.62 bits per heavy atom. The summed E-state index contributed by atoms with van der Waals surface area (Å²) < 4.78 is 3.04. The third kappa shape index (κ3) is 5.66. The van der Waals surface area contributed by atoms with Crippen LogP contribution in [0.5, 0.6) is 0 Å². The number of alkyl halides is 3. The van der Waals surface area contributed by atoms with Gasteiger partial charge < -0.3 is 4.74 Å². The van der Waals surface area contributed by atoms with Crippen molar-refractivity contribution < 1.29 is 9.53 Å². The van der Waals surface area contributed by atoms with Gasteiger partial charge in [-0.25, -0.2) is 4.79 Å². The molecule has 1 aromatic rings. The topological polar surface area (TPSA) is 38.3 Å². The first kappa shape index (κ1) is 13.7. The Morgan fingerprint density at radius 2 is 2.06 bits per heavy atom. The van der Waals surface area contributed by atoms with E-state index >= 15 is 0 Å². The summed E-state index contributed by atoms with van der Waals surface area (Å²) in [5.41, 5.74) is 0.502. The van der Waals surface area contributed by atoms with E-state index in [-0.39, 0.29) is 6.61 Å². The van der Waals surface area contributed by atoms with E-state index in [1.807, 2.05) is 0 Å². The highest BCUT2D eigenvalue weighted by Gasteiger charge is 2.22. The number of anilines is 1. The van der Waals surface area contributed by atoms with E-state index < -0.39 is 9.89 Å². The Kier molecular flexibility index (Phi) is 4.99. The number of rotatable bonds is 2. The van der Waals surface area contributed by atoms with Gasteiger partial charge in [-0.2, -0.15) is 0 Å². The Hall–Kier alpha value is -0.350. The Bertz CT molecular complexity index is 378. The van der Waals surface area contributed by atoms with Crippen molar-refractivity contribution in [1.82, 2.24) is 0 Å². The van der Waals surface area contributed by atoms with Gasteiger partial charge in [-0.3, -0.25) is 5.32 Å². The fourth-order valence-corrected chi connectivity index (χ4v) is 1.22. The maximum atomic E-state index is 11.2. The van der Waals surface area contributed by atoms with Crippen molar-refractivity contribution in [2.75, 3.05) is 11.9 Å². The summed E-state index contributed by atoms with van der Waals surface area (Å²) in [6.45, 7) is -0.329. The molecule has 0 atom stereocenters. The summed E-state index contributed by atoms with van der Waals surface area (Å²) >= 11 is 22.0. The molecule has 0 saturated heterocycles. The number of ether oxygens (including phenoxy) is 1. The van der Waals surface area contributed by atoms with Gasteiger partial charge in [0.25, 0.3) is 0 Å². The Balaban J connectivity index is 2.46. The highest BCUT2D eigenvalue weighted by Crippen LogP contribution is 2.26. The number of hydrogen-bond acceptors (Lipinski definition) is 2. The van der Waals surface area contributed by atoms with Crippen LogP contribution in [0.4, 0.5) is 10.5 Å². The second kappa shape index (κ2) is 5.82. The Labute approximate surface area is 113 Å². The van der Waals surface area contributed by atoms with Gasteiger partial charge in [0, 0.05) is 10.7 Å². The van der Waals surface area contributed by atoms with E-state index in [2.05, 4.69) is 10.1 Å². The lowest BCUT2D eigenvalue weighted by Gasteiger charge is -2.11. The quantitative estimate of drug-likeness (QED) is 0.829. The van der Waals surface area contributed by atoms with E-state index in [0.717, 1.165) is 0 Å². The van der Waals surface area contributed by atoms with E-state index in [4.69, 9.17) is 46.4 Å². The molecule has 0 heterocycles. The molecule has 3 nitrogen and oxygen atoms in total. The fraction of sp³-hybridized carbons (Fsp3) is 0.222. The minimum atomic E-state index is -1.62. The van der Waals surface area contributed by atoms with E-state index in [9.17, 15) is 4.79 Å². The normalized spacial score (nSPS) is 11.0. The Morgan fingerprint density at radius 1 is 1.38 bits per heavy atom. The first-order chi connectivity index (χ1) is 7.37. The number of nitrogens with one attached hydrogen (secondary N) is 1. The zero-order valence-corrected chi connectivity index (χ0v) is 10.9. The number of hydrogen-bond donors (Lipinski definition) is 1. The van der Waals surface area contributed by atoms with Crippen molar-refractivity contribution in [2.24, 2.45) is 0 Å². The van der Waals surface area contributed by atoms with E-state index in [0.29, 0.717) is 10.7 Å². The predicted octanol–water partition coefficient (Wildman–Crippen LogP) is 4.26. The van der Waals surface area contributed by atoms with Gasteiger partial charge in [-0.1, -0.05) is 52.5 Å². The van der Waals surface area contributed by atoms with Crippen molar-refractivity contribution in [1.29, 1.82) is 0 Å². The van der Waals surface area contributed by atoms with Crippen molar-refractivity contribution in [3.8, 4) is 0 Å². The summed E-state index contributed by atoms with van der Waals surface area (Å²) in [5.74, 6) is 0. The van der Waals surface area contributed by atoms with E-state index in [1.54, 1.807) is 24.3 Å². The second-order valence-electron chi connectivity index (χ2n) is 2.83. The molecule has 0 saturated carbocycles. The average Bonchev–Trinajstić information content (AvgIpc) is 2.14. The summed E-state index contributed by atoms with van der Waals surface area (Å²) in [6, 6.07) is 6.59. The monoisotopic (exact) mass is 301 g/mol. The predicted molar refractivity (Wildman–Crippen MR) is 66.7 cm³/mol.